The van der Waals surface area contributed by atoms with E-state index in [1.54, 1.807) is 6.07 Å². The van der Waals surface area contributed by atoms with Crippen LogP contribution in [0.4, 0.5) is 0 Å². The molecular weight excluding hydrogens is 283 g/mol. The molecular formula is C9H10BrClN2O2. The number of hydrogen-bond acceptors (Lipinski definition) is 3. The van der Waals surface area contributed by atoms with Gasteiger partial charge in [-0.2, -0.15) is 0 Å². The predicted molar refractivity (Wildman–Crippen MR) is 61.0 cm³/mol. The molecule has 1 amide bonds. The second-order valence-electron chi connectivity index (χ2n) is 2.82. The Hall–Kier alpha value is -0.650. The van der Waals surface area contributed by atoms with Gasteiger partial charge in [0.2, 0.25) is 0 Å². The van der Waals surface area contributed by atoms with Crippen molar-refractivity contribution in [1.82, 2.24) is 10.3 Å². The van der Waals surface area contributed by atoms with Gasteiger partial charge >= 0.3 is 0 Å². The number of nitrogens with zero attached hydrogens (tertiary/aromatic N) is 1. The maximum atomic E-state index is 11.6. The van der Waals surface area contributed by atoms with E-state index in [9.17, 15) is 4.79 Å². The van der Waals surface area contributed by atoms with Gasteiger partial charge in [-0.1, -0.05) is 11.6 Å². The first-order valence-electron chi connectivity index (χ1n) is 4.35. The summed E-state index contributed by atoms with van der Waals surface area (Å²) in [6.07, 6.45) is 2.04. The number of amides is 1. The molecule has 0 unspecified atom stereocenters. The van der Waals surface area contributed by atoms with Gasteiger partial charge in [0.1, 0.15) is 5.15 Å². The van der Waals surface area contributed by atoms with Gasteiger partial charge in [-0.25, -0.2) is 4.98 Å². The number of carbonyl (C=O) groups is 1. The number of nitrogens with one attached hydrogen (secondary N) is 1. The number of halogens is 2. The van der Waals surface area contributed by atoms with Crippen molar-refractivity contribution in [3.8, 4) is 0 Å². The number of aromatic nitrogens is 1. The molecule has 6 heteroatoms. The van der Waals surface area contributed by atoms with Crippen LogP contribution >= 0.6 is 27.5 Å². The van der Waals surface area contributed by atoms with E-state index in [1.807, 2.05) is 0 Å². The molecule has 0 fully saturated rings. The Balaban J connectivity index is 2.68. The molecule has 1 aromatic rings. The first kappa shape index (κ1) is 12.4. The molecule has 0 saturated heterocycles. The van der Waals surface area contributed by atoms with E-state index in [2.05, 4.69) is 26.2 Å². The SMILES string of the molecule is O=C(NCCCO)c1cc(Br)cnc1Cl. The molecule has 0 atom stereocenters. The fourth-order valence-corrected chi connectivity index (χ4v) is 1.48. The summed E-state index contributed by atoms with van der Waals surface area (Å²) in [6.45, 7) is 0.461. The minimum atomic E-state index is -0.290. The van der Waals surface area contributed by atoms with E-state index >= 15 is 0 Å². The molecule has 2 N–H and O–H groups in total. The number of rotatable bonds is 4. The summed E-state index contributed by atoms with van der Waals surface area (Å²) in [6, 6.07) is 1.60. The highest BCUT2D eigenvalue weighted by Crippen LogP contribution is 2.17. The Bertz CT molecular complexity index is 360. The number of pyridine rings is 1. The van der Waals surface area contributed by atoms with Gasteiger partial charge in [0.05, 0.1) is 5.56 Å². The summed E-state index contributed by atoms with van der Waals surface area (Å²) in [7, 11) is 0. The van der Waals surface area contributed by atoms with Crippen molar-refractivity contribution in [1.29, 1.82) is 0 Å². The maximum absolute atomic E-state index is 11.6. The summed E-state index contributed by atoms with van der Waals surface area (Å²) in [5.41, 5.74) is 0.323. The lowest BCUT2D eigenvalue weighted by atomic mass is 10.2. The van der Waals surface area contributed by atoms with Crippen molar-refractivity contribution >= 4 is 33.4 Å². The van der Waals surface area contributed by atoms with Crippen LogP contribution < -0.4 is 5.32 Å². The molecule has 1 aromatic heterocycles. The smallest absolute Gasteiger partial charge is 0.254 e. The van der Waals surface area contributed by atoms with Crippen LogP contribution in [0.3, 0.4) is 0 Å². The average Bonchev–Trinajstić information content (AvgIpc) is 2.22. The Morgan fingerprint density at radius 1 is 1.67 bits per heavy atom. The molecule has 0 aliphatic heterocycles. The number of carbonyl (C=O) groups excluding carboxylic acids is 1. The van der Waals surface area contributed by atoms with Gasteiger partial charge in [-0.3, -0.25) is 4.79 Å². The molecule has 0 saturated carbocycles. The van der Waals surface area contributed by atoms with Crippen molar-refractivity contribution in [2.45, 2.75) is 6.42 Å². The van der Waals surface area contributed by atoms with Crippen molar-refractivity contribution in [3.63, 3.8) is 0 Å². The minimum Gasteiger partial charge on any atom is -0.396 e. The number of aliphatic hydroxyl groups is 1. The zero-order chi connectivity index (χ0) is 11.3. The van der Waals surface area contributed by atoms with Crippen molar-refractivity contribution in [2.24, 2.45) is 0 Å². The van der Waals surface area contributed by atoms with Crippen LogP contribution in [0, 0.1) is 0 Å². The lowest BCUT2D eigenvalue weighted by molar-refractivity contribution is 0.0951. The van der Waals surface area contributed by atoms with Crippen molar-refractivity contribution in [3.05, 3.63) is 27.5 Å². The number of aliphatic hydroxyl groups excluding tert-OH is 1. The Morgan fingerprint density at radius 2 is 2.40 bits per heavy atom. The Kier molecular flexibility index (Phi) is 5.01. The van der Waals surface area contributed by atoms with E-state index in [0.717, 1.165) is 0 Å². The molecule has 0 radical (unpaired) electrons. The summed E-state index contributed by atoms with van der Waals surface area (Å²) in [5.74, 6) is -0.290. The van der Waals surface area contributed by atoms with Crippen LogP contribution in [-0.2, 0) is 0 Å². The quantitative estimate of drug-likeness (QED) is 0.655. The van der Waals surface area contributed by atoms with Gasteiger partial charge in [0.25, 0.3) is 5.91 Å². The van der Waals surface area contributed by atoms with E-state index in [4.69, 9.17) is 16.7 Å². The third-order valence-electron chi connectivity index (χ3n) is 1.67. The lowest BCUT2D eigenvalue weighted by Crippen LogP contribution is -2.25. The lowest BCUT2D eigenvalue weighted by Gasteiger charge is -2.05. The Labute approximate surface area is 101 Å². The second-order valence-corrected chi connectivity index (χ2v) is 4.10. The van der Waals surface area contributed by atoms with Gasteiger partial charge in [0, 0.05) is 23.8 Å². The van der Waals surface area contributed by atoms with Gasteiger partial charge in [0.15, 0.2) is 0 Å². The molecule has 4 nitrogen and oxygen atoms in total. The monoisotopic (exact) mass is 292 g/mol. The zero-order valence-corrected chi connectivity index (χ0v) is 10.2. The van der Waals surface area contributed by atoms with E-state index < -0.39 is 0 Å². The standard InChI is InChI=1S/C9H10BrClN2O2/c10-6-4-7(8(11)13-5-6)9(15)12-2-1-3-14/h4-5,14H,1-3H2,(H,12,15). The van der Waals surface area contributed by atoms with Crippen molar-refractivity contribution in [2.75, 3.05) is 13.2 Å². The van der Waals surface area contributed by atoms with Gasteiger partial charge < -0.3 is 10.4 Å². The molecule has 1 rings (SSSR count). The highest BCUT2D eigenvalue weighted by molar-refractivity contribution is 9.10. The van der Waals surface area contributed by atoms with Crippen LogP contribution in [0.5, 0.6) is 0 Å². The summed E-state index contributed by atoms with van der Waals surface area (Å²) in [4.78, 5) is 15.4. The molecule has 82 valence electrons. The van der Waals surface area contributed by atoms with E-state index in [1.165, 1.54) is 6.20 Å². The normalized spacial score (nSPS) is 10.1. The number of hydrogen-bond donors (Lipinski definition) is 2. The first-order chi connectivity index (χ1) is 7.15. The fraction of sp³-hybridized carbons (Fsp3) is 0.333. The average molecular weight is 294 g/mol. The maximum Gasteiger partial charge on any atom is 0.254 e. The van der Waals surface area contributed by atoms with Crippen LogP contribution in [-0.4, -0.2) is 29.1 Å². The molecule has 0 aromatic carbocycles. The van der Waals surface area contributed by atoms with Gasteiger partial charge in [-0.15, -0.1) is 0 Å². The highest BCUT2D eigenvalue weighted by Gasteiger charge is 2.10. The molecule has 0 bridgehead atoms. The minimum absolute atomic E-state index is 0.0464. The van der Waals surface area contributed by atoms with E-state index in [0.29, 0.717) is 23.0 Å². The van der Waals surface area contributed by atoms with Crippen LogP contribution in [0.25, 0.3) is 0 Å². The first-order valence-corrected chi connectivity index (χ1v) is 5.52. The summed E-state index contributed by atoms with van der Waals surface area (Å²) >= 11 is 8.97. The zero-order valence-electron chi connectivity index (χ0n) is 7.83. The van der Waals surface area contributed by atoms with Crippen LogP contribution in [0.15, 0.2) is 16.7 Å². The molecule has 0 spiro atoms. The van der Waals surface area contributed by atoms with Gasteiger partial charge in [-0.05, 0) is 28.4 Å². The fourth-order valence-electron chi connectivity index (χ4n) is 0.958. The third-order valence-corrected chi connectivity index (χ3v) is 2.41. The molecule has 15 heavy (non-hydrogen) atoms. The highest BCUT2D eigenvalue weighted by atomic mass is 79.9. The summed E-state index contributed by atoms with van der Waals surface area (Å²) in [5, 5.41) is 11.3. The molecule has 0 aliphatic carbocycles. The third kappa shape index (κ3) is 3.77. The topological polar surface area (TPSA) is 62.2 Å². The van der Waals surface area contributed by atoms with Crippen molar-refractivity contribution < 1.29 is 9.90 Å². The second kappa shape index (κ2) is 6.05. The molecule has 1 heterocycles. The van der Waals surface area contributed by atoms with E-state index in [-0.39, 0.29) is 17.7 Å². The van der Waals surface area contributed by atoms with Crippen LogP contribution in [0.1, 0.15) is 16.8 Å². The predicted octanol–water partition coefficient (Wildman–Crippen LogP) is 1.61. The largest absolute Gasteiger partial charge is 0.396 e. The summed E-state index contributed by atoms with van der Waals surface area (Å²) < 4.78 is 0.694. The van der Waals surface area contributed by atoms with Crippen LogP contribution in [0.2, 0.25) is 5.15 Å². The Morgan fingerprint density at radius 3 is 3.07 bits per heavy atom. The molecule has 0 aliphatic rings.